The molecule has 0 fully saturated rings. The molecule has 29 heavy (non-hydrogen) atoms. The van der Waals surface area contributed by atoms with Crippen LogP contribution in [0.25, 0.3) is 10.9 Å². The molecular weight excluding hydrogens is 364 g/mol. The number of hydrogen-bond donors (Lipinski definition) is 2. The number of rotatable bonds is 6. The molecule has 0 bridgehead atoms. The molecule has 148 valence electrons. The molecule has 3 aromatic rings. The summed E-state index contributed by atoms with van der Waals surface area (Å²) >= 11 is 0. The molecule has 1 heterocycles. The van der Waals surface area contributed by atoms with E-state index in [-0.39, 0.29) is 5.91 Å². The standard InChI is InChI=1S/C23H24N4O2/c1-15-9-10-19-18(13-15)22(26-27(19)12-6-2-5-11-24)23(29)25-21-17-8-4-3-7-16(17)14-20(21)28/h3-4,7-10,13,20-21,28H,2,5-6,12,14H2,1H3,(H,25,29)/t20-,21+/m1/s1. The Morgan fingerprint density at radius 1 is 1.31 bits per heavy atom. The number of aromatic nitrogens is 2. The van der Waals surface area contributed by atoms with Gasteiger partial charge in [-0.15, -0.1) is 0 Å². The summed E-state index contributed by atoms with van der Waals surface area (Å²) in [5.41, 5.74) is 4.37. The Morgan fingerprint density at radius 3 is 2.97 bits per heavy atom. The lowest BCUT2D eigenvalue weighted by molar-refractivity contribution is 0.0854. The highest BCUT2D eigenvalue weighted by molar-refractivity contribution is 6.05. The zero-order valence-electron chi connectivity index (χ0n) is 16.4. The van der Waals surface area contributed by atoms with E-state index >= 15 is 0 Å². The van der Waals surface area contributed by atoms with Gasteiger partial charge in [-0.1, -0.05) is 35.9 Å². The van der Waals surface area contributed by atoms with Gasteiger partial charge in [0.25, 0.3) is 5.91 Å². The van der Waals surface area contributed by atoms with Gasteiger partial charge in [0.15, 0.2) is 5.69 Å². The summed E-state index contributed by atoms with van der Waals surface area (Å²) in [5, 5.41) is 27.6. The molecule has 2 atom stereocenters. The Labute approximate surface area is 169 Å². The summed E-state index contributed by atoms with van der Waals surface area (Å²) in [5.74, 6) is -0.280. The number of aliphatic hydroxyl groups excluding tert-OH is 1. The molecule has 0 unspecified atom stereocenters. The van der Waals surface area contributed by atoms with Gasteiger partial charge in [0.1, 0.15) is 0 Å². The van der Waals surface area contributed by atoms with Crippen LogP contribution in [0.5, 0.6) is 0 Å². The van der Waals surface area contributed by atoms with E-state index in [9.17, 15) is 9.90 Å². The van der Waals surface area contributed by atoms with Crippen molar-refractivity contribution in [3.05, 3.63) is 64.8 Å². The SMILES string of the molecule is Cc1ccc2c(c1)c(C(=O)N[C@H]1c3ccccc3C[C@H]1O)nn2CCCCC#N. The molecule has 1 amide bonds. The van der Waals surface area contributed by atoms with Crippen LogP contribution in [0.3, 0.4) is 0 Å². The lowest BCUT2D eigenvalue weighted by atomic mass is 10.1. The van der Waals surface area contributed by atoms with E-state index in [2.05, 4.69) is 16.5 Å². The molecule has 6 heteroatoms. The van der Waals surface area contributed by atoms with Gasteiger partial charge in [-0.05, 0) is 43.0 Å². The average molecular weight is 388 g/mol. The molecule has 0 saturated heterocycles. The average Bonchev–Trinajstić information content (AvgIpc) is 3.22. The summed E-state index contributed by atoms with van der Waals surface area (Å²) in [6, 6.07) is 15.5. The van der Waals surface area contributed by atoms with Crippen LogP contribution in [0.15, 0.2) is 42.5 Å². The third-order valence-corrected chi connectivity index (χ3v) is 5.52. The molecular formula is C23H24N4O2. The predicted octanol–water partition coefficient (Wildman–Crippen LogP) is 3.43. The third kappa shape index (κ3) is 3.74. The number of benzene rings is 2. The second-order valence-corrected chi connectivity index (χ2v) is 7.63. The van der Waals surface area contributed by atoms with Crippen LogP contribution < -0.4 is 5.32 Å². The van der Waals surface area contributed by atoms with Crippen LogP contribution in [0.4, 0.5) is 0 Å². The number of nitrogens with zero attached hydrogens (tertiary/aromatic N) is 3. The Balaban J connectivity index is 1.62. The maximum atomic E-state index is 13.1. The first-order chi connectivity index (χ1) is 14.1. The number of carbonyl (C=O) groups is 1. The summed E-state index contributed by atoms with van der Waals surface area (Å²) in [6.45, 7) is 2.64. The fourth-order valence-corrected chi connectivity index (χ4v) is 4.05. The van der Waals surface area contributed by atoms with Gasteiger partial charge in [-0.3, -0.25) is 9.48 Å². The third-order valence-electron chi connectivity index (χ3n) is 5.52. The van der Waals surface area contributed by atoms with Crippen molar-refractivity contribution < 1.29 is 9.90 Å². The van der Waals surface area contributed by atoms with Crippen molar-refractivity contribution in [2.24, 2.45) is 0 Å². The maximum Gasteiger partial charge on any atom is 0.273 e. The molecule has 2 N–H and O–H groups in total. The van der Waals surface area contributed by atoms with E-state index in [1.807, 2.05) is 54.1 Å². The van der Waals surface area contributed by atoms with Crippen molar-refractivity contribution in [3.8, 4) is 6.07 Å². The smallest absolute Gasteiger partial charge is 0.273 e. The fourth-order valence-electron chi connectivity index (χ4n) is 4.05. The molecule has 1 aliphatic carbocycles. The predicted molar refractivity (Wildman–Crippen MR) is 110 cm³/mol. The molecule has 0 saturated carbocycles. The highest BCUT2D eigenvalue weighted by atomic mass is 16.3. The second-order valence-electron chi connectivity index (χ2n) is 7.63. The molecule has 1 aliphatic rings. The lowest BCUT2D eigenvalue weighted by Gasteiger charge is -2.17. The monoisotopic (exact) mass is 388 g/mol. The van der Waals surface area contributed by atoms with E-state index < -0.39 is 12.1 Å². The number of aryl methyl sites for hydroxylation is 2. The van der Waals surface area contributed by atoms with Gasteiger partial charge >= 0.3 is 0 Å². The molecule has 4 rings (SSSR count). The van der Waals surface area contributed by atoms with Crippen LogP contribution >= 0.6 is 0 Å². The number of amides is 1. The Morgan fingerprint density at radius 2 is 2.14 bits per heavy atom. The van der Waals surface area contributed by atoms with Gasteiger partial charge in [0, 0.05) is 24.8 Å². The Kier molecular flexibility index (Phi) is 5.32. The van der Waals surface area contributed by atoms with Crippen LogP contribution in [0.1, 0.15) is 52.5 Å². The highest BCUT2D eigenvalue weighted by Crippen LogP contribution is 2.32. The lowest BCUT2D eigenvalue weighted by Crippen LogP contribution is -2.34. The molecule has 0 aliphatic heterocycles. The number of unbranched alkanes of at least 4 members (excludes halogenated alkanes) is 2. The number of fused-ring (bicyclic) bond motifs is 2. The minimum Gasteiger partial charge on any atom is -0.390 e. The molecule has 1 aromatic heterocycles. The number of aliphatic hydroxyl groups is 1. The molecule has 0 radical (unpaired) electrons. The van der Waals surface area contributed by atoms with Crippen LogP contribution in [0.2, 0.25) is 0 Å². The van der Waals surface area contributed by atoms with E-state index in [1.54, 1.807) is 0 Å². The first-order valence-corrected chi connectivity index (χ1v) is 9.99. The molecule has 2 aromatic carbocycles. The first-order valence-electron chi connectivity index (χ1n) is 9.99. The summed E-state index contributed by atoms with van der Waals surface area (Å²) in [7, 11) is 0. The van der Waals surface area contributed by atoms with Crippen LogP contribution in [0, 0.1) is 18.3 Å². The van der Waals surface area contributed by atoms with Gasteiger partial charge in [0.05, 0.1) is 23.7 Å². The summed E-state index contributed by atoms with van der Waals surface area (Å²) in [6.07, 6.45) is 2.04. The fraction of sp³-hybridized carbons (Fsp3) is 0.348. The summed E-state index contributed by atoms with van der Waals surface area (Å²) in [4.78, 5) is 13.1. The number of carbonyl (C=O) groups excluding carboxylic acids is 1. The molecule has 0 spiro atoms. The van der Waals surface area contributed by atoms with Crippen molar-refractivity contribution in [2.75, 3.05) is 0 Å². The van der Waals surface area contributed by atoms with Crippen molar-refractivity contribution >= 4 is 16.8 Å². The van der Waals surface area contributed by atoms with Crippen LogP contribution in [-0.2, 0) is 13.0 Å². The van der Waals surface area contributed by atoms with Gasteiger partial charge in [-0.25, -0.2) is 0 Å². The Bertz CT molecular complexity index is 1100. The normalized spacial score (nSPS) is 17.8. The molecule has 6 nitrogen and oxygen atoms in total. The second kappa shape index (κ2) is 8.06. The van der Waals surface area contributed by atoms with E-state index in [0.717, 1.165) is 40.4 Å². The number of nitrogens with one attached hydrogen (secondary N) is 1. The summed E-state index contributed by atoms with van der Waals surface area (Å²) < 4.78 is 1.85. The van der Waals surface area contributed by atoms with E-state index in [1.165, 1.54) is 0 Å². The highest BCUT2D eigenvalue weighted by Gasteiger charge is 2.33. The maximum absolute atomic E-state index is 13.1. The van der Waals surface area contributed by atoms with Gasteiger partial charge < -0.3 is 10.4 Å². The Hall–Kier alpha value is -3.17. The topological polar surface area (TPSA) is 90.9 Å². The number of hydrogen-bond acceptors (Lipinski definition) is 4. The largest absolute Gasteiger partial charge is 0.390 e. The number of nitriles is 1. The zero-order chi connectivity index (χ0) is 20.4. The minimum absolute atomic E-state index is 0.280. The van der Waals surface area contributed by atoms with Crippen molar-refractivity contribution in [3.63, 3.8) is 0 Å². The van der Waals surface area contributed by atoms with E-state index in [0.29, 0.717) is 25.1 Å². The first kappa shape index (κ1) is 19.2. The zero-order valence-corrected chi connectivity index (χ0v) is 16.4. The quantitative estimate of drug-likeness (QED) is 0.633. The minimum atomic E-state index is -0.641. The van der Waals surface area contributed by atoms with E-state index in [4.69, 9.17) is 5.26 Å². The van der Waals surface area contributed by atoms with Crippen molar-refractivity contribution in [1.29, 1.82) is 5.26 Å². The van der Waals surface area contributed by atoms with Gasteiger partial charge in [0.2, 0.25) is 0 Å². The van der Waals surface area contributed by atoms with Crippen molar-refractivity contribution in [2.45, 2.75) is 51.3 Å². The van der Waals surface area contributed by atoms with Gasteiger partial charge in [-0.2, -0.15) is 10.4 Å². The van der Waals surface area contributed by atoms with Crippen molar-refractivity contribution in [1.82, 2.24) is 15.1 Å². The van der Waals surface area contributed by atoms with Crippen LogP contribution in [-0.4, -0.2) is 26.9 Å².